The monoisotopic (exact) mass is 199 g/mol. The molecule has 0 radical (unpaired) electrons. The first-order chi connectivity index (χ1) is 6.74. The summed E-state index contributed by atoms with van der Waals surface area (Å²) in [5, 5.41) is 12.1. The molecule has 0 aromatic carbocycles. The molecule has 0 saturated heterocycles. The third-order valence-corrected chi connectivity index (χ3v) is 3.08. The number of carboxylic acid groups (broad SMARTS) is 1. The van der Waals surface area contributed by atoms with Crippen LogP contribution in [-0.4, -0.2) is 23.7 Å². The SMILES string of the molecule is CCN[C@H](CC(=O)O)C1CCCCC1. The second kappa shape index (κ2) is 6.02. The summed E-state index contributed by atoms with van der Waals surface area (Å²) >= 11 is 0. The minimum Gasteiger partial charge on any atom is -0.481 e. The lowest BCUT2D eigenvalue weighted by Gasteiger charge is -2.29. The standard InChI is InChI=1S/C11H21NO2/c1-2-12-10(8-11(13)14)9-6-4-3-5-7-9/h9-10,12H,2-8H2,1H3,(H,13,14)/t10-/m1/s1. The maximum Gasteiger partial charge on any atom is 0.304 e. The lowest BCUT2D eigenvalue weighted by atomic mass is 9.82. The van der Waals surface area contributed by atoms with E-state index < -0.39 is 5.97 Å². The van der Waals surface area contributed by atoms with Gasteiger partial charge in [-0.3, -0.25) is 4.79 Å². The highest BCUT2D eigenvalue weighted by Gasteiger charge is 2.24. The maximum atomic E-state index is 10.7. The van der Waals surface area contributed by atoms with E-state index in [1.54, 1.807) is 0 Å². The zero-order valence-electron chi connectivity index (χ0n) is 8.96. The van der Waals surface area contributed by atoms with Gasteiger partial charge in [0.25, 0.3) is 0 Å². The second-order valence-electron chi connectivity index (χ2n) is 4.16. The molecule has 0 aromatic heterocycles. The fraction of sp³-hybridized carbons (Fsp3) is 0.909. The molecular weight excluding hydrogens is 178 g/mol. The largest absolute Gasteiger partial charge is 0.481 e. The highest BCUT2D eigenvalue weighted by atomic mass is 16.4. The van der Waals surface area contributed by atoms with Crippen LogP contribution in [0.2, 0.25) is 0 Å². The van der Waals surface area contributed by atoms with Gasteiger partial charge in [-0.05, 0) is 25.3 Å². The van der Waals surface area contributed by atoms with Gasteiger partial charge in [0.05, 0.1) is 6.42 Å². The Bertz CT molecular complexity index is 176. The number of hydrogen-bond acceptors (Lipinski definition) is 2. The molecule has 0 aliphatic heterocycles. The molecule has 82 valence electrons. The van der Waals surface area contributed by atoms with Crippen LogP contribution in [0.5, 0.6) is 0 Å². The number of nitrogens with one attached hydrogen (secondary N) is 1. The first kappa shape index (κ1) is 11.5. The summed E-state index contributed by atoms with van der Waals surface area (Å²) in [6, 6.07) is 0.192. The van der Waals surface area contributed by atoms with Crippen molar-refractivity contribution in [2.24, 2.45) is 5.92 Å². The van der Waals surface area contributed by atoms with Crippen LogP contribution in [0.4, 0.5) is 0 Å². The molecule has 1 rings (SSSR count). The Kier molecular flexibility index (Phi) is 4.94. The molecule has 0 heterocycles. The zero-order valence-corrected chi connectivity index (χ0v) is 8.96. The van der Waals surface area contributed by atoms with Crippen LogP contribution in [0.15, 0.2) is 0 Å². The number of carbonyl (C=O) groups is 1. The van der Waals surface area contributed by atoms with Crippen LogP contribution in [-0.2, 0) is 4.79 Å². The summed E-state index contributed by atoms with van der Waals surface area (Å²) in [5.41, 5.74) is 0. The van der Waals surface area contributed by atoms with Crippen molar-refractivity contribution < 1.29 is 9.90 Å². The summed E-state index contributed by atoms with van der Waals surface area (Å²) in [4.78, 5) is 10.7. The fourth-order valence-electron chi connectivity index (χ4n) is 2.39. The van der Waals surface area contributed by atoms with Crippen molar-refractivity contribution in [3.63, 3.8) is 0 Å². The molecule has 0 aromatic rings. The Labute approximate surface area is 85.9 Å². The summed E-state index contributed by atoms with van der Waals surface area (Å²) in [6.45, 7) is 2.91. The Hall–Kier alpha value is -0.570. The lowest BCUT2D eigenvalue weighted by molar-refractivity contribution is -0.138. The summed E-state index contributed by atoms with van der Waals surface area (Å²) in [6.07, 6.45) is 6.54. The van der Waals surface area contributed by atoms with Crippen LogP contribution >= 0.6 is 0 Å². The van der Waals surface area contributed by atoms with Gasteiger partial charge in [0.15, 0.2) is 0 Å². The third kappa shape index (κ3) is 3.66. The van der Waals surface area contributed by atoms with Gasteiger partial charge in [0.1, 0.15) is 0 Å². The van der Waals surface area contributed by atoms with Crippen molar-refractivity contribution in [2.45, 2.75) is 51.5 Å². The predicted octanol–water partition coefficient (Wildman–Crippen LogP) is 2.02. The van der Waals surface area contributed by atoms with Gasteiger partial charge in [-0.1, -0.05) is 26.2 Å². The van der Waals surface area contributed by atoms with Crippen molar-refractivity contribution >= 4 is 5.97 Å². The first-order valence-corrected chi connectivity index (χ1v) is 5.69. The fourth-order valence-corrected chi connectivity index (χ4v) is 2.39. The van der Waals surface area contributed by atoms with Crippen LogP contribution in [0.25, 0.3) is 0 Å². The van der Waals surface area contributed by atoms with Gasteiger partial charge in [0, 0.05) is 6.04 Å². The molecule has 3 heteroatoms. The normalized spacial score (nSPS) is 20.6. The molecule has 0 unspecified atom stereocenters. The summed E-state index contributed by atoms with van der Waals surface area (Å²) < 4.78 is 0. The zero-order chi connectivity index (χ0) is 10.4. The number of aliphatic carboxylic acids is 1. The molecule has 1 aliphatic carbocycles. The summed E-state index contributed by atoms with van der Waals surface area (Å²) in [5.74, 6) is -0.0960. The average Bonchev–Trinajstić information content (AvgIpc) is 2.18. The quantitative estimate of drug-likeness (QED) is 0.712. The minimum absolute atomic E-state index is 0.192. The maximum absolute atomic E-state index is 10.7. The highest BCUT2D eigenvalue weighted by molar-refractivity contribution is 5.67. The van der Waals surface area contributed by atoms with Crippen LogP contribution in [0.3, 0.4) is 0 Å². The molecule has 0 amide bonds. The third-order valence-electron chi connectivity index (χ3n) is 3.08. The Morgan fingerprint density at radius 3 is 2.57 bits per heavy atom. The number of carboxylic acids is 1. The van der Waals surface area contributed by atoms with Crippen molar-refractivity contribution in [3.8, 4) is 0 Å². The van der Waals surface area contributed by atoms with E-state index in [2.05, 4.69) is 5.32 Å². The topological polar surface area (TPSA) is 49.3 Å². The smallest absolute Gasteiger partial charge is 0.304 e. The Morgan fingerprint density at radius 2 is 2.07 bits per heavy atom. The lowest BCUT2D eigenvalue weighted by Crippen LogP contribution is -2.38. The molecule has 1 fully saturated rings. The van der Waals surface area contributed by atoms with E-state index in [1.807, 2.05) is 6.92 Å². The van der Waals surface area contributed by atoms with E-state index in [9.17, 15) is 4.79 Å². The molecule has 14 heavy (non-hydrogen) atoms. The molecule has 1 aliphatic rings. The van der Waals surface area contributed by atoms with Gasteiger partial charge < -0.3 is 10.4 Å². The van der Waals surface area contributed by atoms with Crippen molar-refractivity contribution in [2.75, 3.05) is 6.54 Å². The molecule has 0 spiro atoms. The van der Waals surface area contributed by atoms with E-state index in [4.69, 9.17) is 5.11 Å². The van der Waals surface area contributed by atoms with E-state index in [0.717, 1.165) is 6.54 Å². The van der Waals surface area contributed by atoms with E-state index in [0.29, 0.717) is 5.92 Å². The van der Waals surface area contributed by atoms with E-state index >= 15 is 0 Å². The number of hydrogen-bond donors (Lipinski definition) is 2. The van der Waals surface area contributed by atoms with Gasteiger partial charge in [-0.15, -0.1) is 0 Å². The molecule has 0 bridgehead atoms. The van der Waals surface area contributed by atoms with Crippen LogP contribution in [0, 0.1) is 5.92 Å². The van der Waals surface area contributed by atoms with E-state index in [1.165, 1.54) is 32.1 Å². The van der Waals surface area contributed by atoms with Crippen LogP contribution < -0.4 is 5.32 Å². The van der Waals surface area contributed by atoms with Crippen molar-refractivity contribution in [3.05, 3.63) is 0 Å². The van der Waals surface area contributed by atoms with Gasteiger partial charge in [-0.2, -0.15) is 0 Å². The minimum atomic E-state index is -0.679. The van der Waals surface area contributed by atoms with Crippen molar-refractivity contribution in [1.29, 1.82) is 0 Å². The molecule has 1 saturated carbocycles. The summed E-state index contributed by atoms with van der Waals surface area (Å²) in [7, 11) is 0. The van der Waals surface area contributed by atoms with Crippen LogP contribution in [0.1, 0.15) is 45.4 Å². The van der Waals surface area contributed by atoms with Gasteiger partial charge in [-0.25, -0.2) is 0 Å². The first-order valence-electron chi connectivity index (χ1n) is 5.69. The average molecular weight is 199 g/mol. The Balaban J connectivity index is 2.42. The Morgan fingerprint density at radius 1 is 1.43 bits per heavy atom. The molecule has 1 atom stereocenters. The van der Waals surface area contributed by atoms with Gasteiger partial charge >= 0.3 is 5.97 Å². The van der Waals surface area contributed by atoms with Crippen molar-refractivity contribution in [1.82, 2.24) is 5.32 Å². The number of rotatable bonds is 5. The second-order valence-corrected chi connectivity index (χ2v) is 4.16. The predicted molar refractivity (Wildman–Crippen MR) is 56.3 cm³/mol. The molecule has 3 nitrogen and oxygen atoms in total. The van der Waals surface area contributed by atoms with Gasteiger partial charge in [0.2, 0.25) is 0 Å². The molecular formula is C11H21NO2. The highest BCUT2D eigenvalue weighted by Crippen LogP contribution is 2.27. The molecule has 2 N–H and O–H groups in total. The van der Waals surface area contributed by atoms with E-state index in [-0.39, 0.29) is 12.5 Å².